The fraction of sp³-hybridized carbons (Fsp3) is 0.192. The van der Waals surface area contributed by atoms with Gasteiger partial charge in [0, 0.05) is 12.6 Å². The summed E-state index contributed by atoms with van der Waals surface area (Å²) < 4.78 is 44.1. The normalized spacial score (nSPS) is 11.8. The van der Waals surface area contributed by atoms with Gasteiger partial charge in [-0.3, -0.25) is 14.4 Å². The average Bonchev–Trinajstić information content (AvgIpc) is 2.83. The number of hydrogen-bond acceptors (Lipinski definition) is 4. The van der Waals surface area contributed by atoms with Crippen molar-refractivity contribution in [2.75, 3.05) is 17.7 Å². The Kier molecular flexibility index (Phi) is 8.31. The van der Waals surface area contributed by atoms with Crippen molar-refractivity contribution in [2.45, 2.75) is 25.6 Å². The van der Waals surface area contributed by atoms with Gasteiger partial charge in [0.1, 0.15) is 5.75 Å². The second kappa shape index (κ2) is 11.4. The highest BCUT2D eigenvalue weighted by atomic mass is 19.4. The van der Waals surface area contributed by atoms with E-state index in [0.29, 0.717) is 11.3 Å². The number of carbonyl (C=O) groups is 3. The number of rotatable bonds is 8. The van der Waals surface area contributed by atoms with Crippen molar-refractivity contribution in [2.24, 2.45) is 0 Å². The summed E-state index contributed by atoms with van der Waals surface area (Å²) in [7, 11) is 1.52. The topological polar surface area (TPSA) is 96.5 Å². The van der Waals surface area contributed by atoms with Crippen molar-refractivity contribution in [3.63, 3.8) is 0 Å². The molecule has 3 N–H and O–H groups in total. The molecule has 0 spiro atoms. The Morgan fingerprint density at radius 1 is 0.917 bits per heavy atom. The molecule has 7 nitrogen and oxygen atoms in total. The lowest BCUT2D eigenvalue weighted by molar-refractivity contribution is -0.137. The number of benzene rings is 3. The number of methoxy groups -OCH3 is 1. The summed E-state index contributed by atoms with van der Waals surface area (Å²) in [5, 5.41) is 7.81. The van der Waals surface area contributed by atoms with E-state index in [0.717, 1.165) is 12.1 Å². The lowest BCUT2D eigenvalue weighted by Crippen LogP contribution is -2.30. The van der Waals surface area contributed by atoms with Gasteiger partial charge in [-0.2, -0.15) is 13.2 Å². The number of halogens is 3. The summed E-state index contributed by atoms with van der Waals surface area (Å²) in [6.07, 6.45) is -4.68. The zero-order chi connectivity index (χ0) is 26.3. The van der Waals surface area contributed by atoms with Gasteiger partial charge in [-0.15, -0.1) is 0 Å². The van der Waals surface area contributed by atoms with Gasteiger partial charge < -0.3 is 20.7 Å². The molecule has 0 saturated heterocycles. The average molecular weight is 499 g/mol. The van der Waals surface area contributed by atoms with E-state index in [1.54, 1.807) is 36.4 Å². The van der Waals surface area contributed by atoms with Crippen LogP contribution in [-0.2, 0) is 15.8 Å². The Bertz CT molecular complexity index is 1240. The Morgan fingerprint density at radius 2 is 1.61 bits per heavy atom. The Hall–Kier alpha value is -4.34. The minimum Gasteiger partial charge on any atom is -0.497 e. The van der Waals surface area contributed by atoms with Crippen LogP contribution in [0.5, 0.6) is 5.75 Å². The smallest absolute Gasteiger partial charge is 0.416 e. The third kappa shape index (κ3) is 7.08. The lowest BCUT2D eigenvalue weighted by Gasteiger charge is -2.19. The van der Waals surface area contributed by atoms with E-state index in [1.165, 1.54) is 38.3 Å². The molecule has 10 heteroatoms. The standard InChI is InChI=1S/C26H24F3N3O4/c1-16(33)30-23(17-10-12-20(36-2)13-11-17)15-24(34)32-22-9-4-3-8-21(22)25(35)31-19-7-5-6-18(14-19)26(27,28)29/h3-14,23H,15H2,1-2H3,(H,30,33)(H,31,35)(H,32,34). The van der Waals surface area contributed by atoms with Gasteiger partial charge in [0.05, 0.1) is 36.4 Å². The number of hydrogen-bond donors (Lipinski definition) is 3. The molecule has 0 aliphatic carbocycles. The first-order chi connectivity index (χ1) is 17.1. The molecule has 0 aliphatic rings. The van der Waals surface area contributed by atoms with E-state index in [2.05, 4.69) is 16.0 Å². The second-order valence-electron chi connectivity index (χ2n) is 7.86. The molecule has 0 saturated carbocycles. The monoisotopic (exact) mass is 499 g/mol. The summed E-state index contributed by atoms with van der Waals surface area (Å²) in [4.78, 5) is 37.4. The van der Waals surface area contributed by atoms with Crippen LogP contribution >= 0.6 is 0 Å². The number of anilines is 2. The highest BCUT2D eigenvalue weighted by Crippen LogP contribution is 2.31. The van der Waals surface area contributed by atoms with Crippen LogP contribution in [-0.4, -0.2) is 24.8 Å². The van der Waals surface area contributed by atoms with Crippen LogP contribution in [0.3, 0.4) is 0 Å². The number of ether oxygens (including phenoxy) is 1. The zero-order valence-corrected chi connectivity index (χ0v) is 19.5. The lowest BCUT2D eigenvalue weighted by atomic mass is 10.0. The molecule has 3 rings (SSSR count). The molecular formula is C26H24F3N3O4. The summed E-state index contributed by atoms with van der Waals surface area (Å²) in [6, 6.07) is 16.6. The third-order valence-electron chi connectivity index (χ3n) is 5.18. The fourth-order valence-corrected chi connectivity index (χ4v) is 3.48. The SMILES string of the molecule is COc1ccc(C(CC(=O)Nc2ccccc2C(=O)Nc2cccc(C(F)(F)F)c2)NC(C)=O)cc1. The van der Waals surface area contributed by atoms with E-state index in [4.69, 9.17) is 4.74 Å². The van der Waals surface area contributed by atoms with Crippen LogP contribution in [0, 0.1) is 0 Å². The van der Waals surface area contributed by atoms with Crippen LogP contribution < -0.4 is 20.7 Å². The molecule has 0 radical (unpaired) electrons. The van der Waals surface area contributed by atoms with Crippen LogP contribution in [0.2, 0.25) is 0 Å². The Balaban J connectivity index is 1.75. The van der Waals surface area contributed by atoms with E-state index in [1.807, 2.05) is 0 Å². The first-order valence-electron chi connectivity index (χ1n) is 10.9. The predicted octanol–water partition coefficient (Wildman–Crippen LogP) is 5.17. The van der Waals surface area contributed by atoms with Gasteiger partial charge in [-0.25, -0.2) is 0 Å². The number of alkyl halides is 3. The van der Waals surface area contributed by atoms with Gasteiger partial charge >= 0.3 is 6.18 Å². The van der Waals surface area contributed by atoms with Gasteiger partial charge in [0.2, 0.25) is 11.8 Å². The third-order valence-corrected chi connectivity index (χ3v) is 5.18. The molecule has 1 unspecified atom stereocenters. The quantitative estimate of drug-likeness (QED) is 0.398. The maximum absolute atomic E-state index is 13.0. The molecular weight excluding hydrogens is 475 g/mol. The molecule has 3 aromatic rings. The predicted molar refractivity (Wildman–Crippen MR) is 129 cm³/mol. The highest BCUT2D eigenvalue weighted by Gasteiger charge is 2.30. The van der Waals surface area contributed by atoms with Crippen molar-refractivity contribution in [3.8, 4) is 5.75 Å². The first-order valence-corrected chi connectivity index (χ1v) is 10.9. The van der Waals surface area contributed by atoms with Crippen LogP contribution in [0.15, 0.2) is 72.8 Å². The highest BCUT2D eigenvalue weighted by molar-refractivity contribution is 6.10. The molecule has 3 aromatic carbocycles. The van der Waals surface area contributed by atoms with E-state index >= 15 is 0 Å². The summed E-state index contributed by atoms with van der Waals surface area (Å²) in [5.74, 6) is -0.891. The van der Waals surface area contributed by atoms with Crippen molar-refractivity contribution in [3.05, 3.63) is 89.5 Å². The van der Waals surface area contributed by atoms with E-state index in [9.17, 15) is 27.6 Å². The van der Waals surface area contributed by atoms with E-state index < -0.39 is 29.6 Å². The molecule has 0 fully saturated rings. The van der Waals surface area contributed by atoms with E-state index in [-0.39, 0.29) is 29.3 Å². The summed E-state index contributed by atoms with van der Waals surface area (Å²) in [5.41, 5.74) is -0.0330. The summed E-state index contributed by atoms with van der Waals surface area (Å²) in [6.45, 7) is 1.34. The molecule has 0 bridgehead atoms. The largest absolute Gasteiger partial charge is 0.497 e. The Labute approximate surface area is 205 Å². The fourth-order valence-electron chi connectivity index (χ4n) is 3.48. The molecule has 0 heterocycles. The Morgan fingerprint density at radius 3 is 2.25 bits per heavy atom. The van der Waals surface area contributed by atoms with Gasteiger partial charge in [0.15, 0.2) is 0 Å². The zero-order valence-electron chi connectivity index (χ0n) is 19.5. The number of carbonyl (C=O) groups excluding carboxylic acids is 3. The van der Waals surface area contributed by atoms with Crippen molar-refractivity contribution in [1.29, 1.82) is 0 Å². The molecule has 3 amide bonds. The molecule has 0 aromatic heterocycles. The maximum Gasteiger partial charge on any atom is 0.416 e. The van der Waals surface area contributed by atoms with Crippen LogP contribution in [0.4, 0.5) is 24.5 Å². The molecule has 1 atom stereocenters. The first kappa shape index (κ1) is 26.3. The van der Waals surface area contributed by atoms with Crippen molar-refractivity contribution in [1.82, 2.24) is 5.32 Å². The van der Waals surface area contributed by atoms with Crippen LogP contribution in [0.1, 0.15) is 40.9 Å². The van der Waals surface area contributed by atoms with Gasteiger partial charge in [-0.1, -0.05) is 30.3 Å². The van der Waals surface area contributed by atoms with Crippen molar-refractivity contribution >= 4 is 29.1 Å². The summed E-state index contributed by atoms with van der Waals surface area (Å²) >= 11 is 0. The molecule has 0 aliphatic heterocycles. The number of para-hydroxylation sites is 1. The van der Waals surface area contributed by atoms with Crippen LogP contribution in [0.25, 0.3) is 0 Å². The maximum atomic E-state index is 13.0. The minimum absolute atomic E-state index is 0.0406. The van der Waals surface area contributed by atoms with Crippen molar-refractivity contribution < 1.29 is 32.3 Å². The minimum atomic E-state index is -4.55. The number of amides is 3. The van der Waals surface area contributed by atoms with Gasteiger partial charge in [0.25, 0.3) is 5.91 Å². The second-order valence-corrected chi connectivity index (χ2v) is 7.86. The molecule has 188 valence electrons. The molecule has 36 heavy (non-hydrogen) atoms. The van der Waals surface area contributed by atoms with Gasteiger partial charge in [-0.05, 0) is 48.0 Å². The number of nitrogens with one attached hydrogen (secondary N) is 3.